The Morgan fingerprint density at radius 1 is 1.42 bits per heavy atom. The molecule has 0 radical (unpaired) electrons. The number of methoxy groups -OCH3 is 1. The van der Waals surface area contributed by atoms with Gasteiger partial charge in [-0.15, -0.1) is 0 Å². The monoisotopic (exact) mass is 261 g/mol. The van der Waals surface area contributed by atoms with Gasteiger partial charge in [0, 0.05) is 6.04 Å². The van der Waals surface area contributed by atoms with Crippen molar-refractivity contribution < 1.29 is 9.53 Å². The molecule has 1 aromatic rings. The van der Waals surface area contributed by atoms with Crippen LogP contribution in [0.4, 0.5) is 11.5 Å². The third-order valence-corrected chi connectivity index (χ3v) is 4.38. The summed E-state index contributed by atoms with van der Waals surface area (Å²) in [7, 11) is 1.35. The van der Waals surface area contributed by atoms with Crippen molar-refractivity contribution in [2.45, 2.75) is 31.7 Å². The molecule has 5 nitrogen and oxygen atoms in total. The van der Waals surface area contributed by atoms with E-state index in [4.69, 9.17) is 5.73 Å². The molecule has 2 fully saturated rings. The maximum atomic E-state index is 11.5. The van der Waals surface area contributed by atoms with Crippen molar-refractivity contribution in [3.8, 4) is 0 Å². The van der Waals surface area contributed by atoms with Crippen LogP contribution in [0.2, 0.25) is 0 Å². The van der Waals surface area contributed by atoms with Crippen LogP contribution in [-0.2, 0) is 4.74 Å². The number of aromatic nitrogens is 1. The minimum atomic E-state index is -0.434. The fourth-order valence-electron chi connectivity index (χ4n) is 3.40. The molecule has 5 heteroatoms. The summed E-state index contributed by atoms with van der Waals surface area (Å²) in [5.41, 5.74) is 6.80. The van der Waals surface area contributed by atoms with E-state index < -0.39 is 5.97 Å². The highest BCUT2D eigenvalue weighted by atomic mass is 16.5. The van der Waals surface area contributed by atoms with Crippen LogP contribution in [0.25, 0.3) is 0 Å². The lowest BCUT2D eigenvalue weighted by Gasteiger charge is -2.24. The van der Waals surface area contributed by atoms with E-state index in [-0.39, 0.29) is 0 Å². The van der Waals surface area contributed by atoms with Crippen molar-refractivity contribution in [1.82, 2.24) is 4.98 Å². The van der Waals surface area contributed by atoms with Gasteiger partial charge < -0.3 is 15.8 Å². The van der Waals surface area contributed by atoms with Gasteiger partial charge in [-0.05, 0) is 43.2 Å². The summed E-state index contributed by atoms with van der Waals surface area (Å²) < 4.78 is 4.68. The predicted molar refractivity (Wildman–Crippen MR) is 72.8 cm³/mol. The zero-order valence-electron chi connectivity index (χ0n) is 11.1. The number of esters is 1. The van der Waals surface area contributed by atoms with Gasteiger partial charge in [0.05, 0.1) is 12.8 Å². The van der Waals surface area contributed by atoms with E-state index in [0.29, 0.717) is 23.2 Å². The zero-order chi connectivity index (χ0) is 13.4. The van der Waals surface area contributed by atoms with Gasteiger partial charge in [-0.3, -0.25) is 0 Å². The first kappa shape index (κ1) is 12.3. The Morgan fingerprint density at radius 2 is 2.26 bits per heavy atom. The molecule has 0 aromatic carbocycles. The lowest BCUT2D eigenvalue weighted by atomic mass is 9.95. The largest absolute Gasteiger partial charge is 0.464 e. The highest BCUT2D eigenvalue weighted by molar-refractivity contribution is 5.88. The Morgan fingerprint density at radius 3 is 2.89 bits per heavy atom. The van der Waals surface area contributed by atoms with E-state index in [2.05, 4.69) is 15.0 Å². The lowest BCUT2D eigenvalue weighted by molar-refractivity contribution is 0.0594. The first-order valence-corrected chi connectivity index (χ1v) is 6.78. The molecule has 3 rings (SSSR count). The number of carbonyl (C=O) groups is 1. The van der Waals surface area contributed by atoms with E-state index in [0.717, 1.165) is 11.8 Å². The second kappa shape index (κ2) is 4.72. The van der Waals surface area contributed by atoms with Crippen LogP contribution in [0.15, 0.2) is 12.1 Å². The number of hydrogen-bond acceptors (Lipinski definition) is 5. The fraction of sp³-hybridized carbons (Fsp3) is 0.571. The Kier molecular flexibility index (Phi) is 3.05. The maximum absolute atomic E-state index is 11.5. The highest BCUT2D eigenvalue weighted by Crippen LogP contribution is 2.45. The van der Waals surface area contributed by atoms with Gasteiger partial charge in [-0.25, -0.2) is 9.78 Å². The third-order valence-electron chi connectivity index (χ3n) is 4.38. The maximum Gasteiger partial charge on any atom is 0.356 e. The smallest absolute Gasteiger partial charge is 0.356 e. The van der Waals surface area contributed by atoms with Crippen molar-refractivity contribution in [3.63, 3.8) is 0 Å². The molecule has 0 amide bonds. The molecule has 2 saturated carbocycles. The standard InChI is InChI=1S/C14H19N3O2/c1-19-14(18)11-5-4-10(15)13(16-11)17-12-7-8-2-3-9(12)6-8/h4-5,8-9,12H,2-3,6-7,15H2,1H3,(H,16,17). The van der Waals surface area contributed by atoms with Crippen LogP contribution in [0.1, 0.15) is 36.2 Å². The second-order valence-corrected chi connectivity index (χ2v) is 5.55. The number of nitrogens with one attached hydrogen (secondary N) is 1. The van der Waals surface area contributed by atoms with Crippen LogP contribution < -0.4 is 11.1 Å². The van der Waals surface area contributed by atoms with Crippen LogP contribution in [0, 0.1) is 11.8 Å². The second-order valence-electron chi connectivity index (χ2n) is 5.55. The van der Waals surface area contributed by atoms with E-state index in [1.807, 2.05) is 0 Å². The normalized spacial score (nSPS) is 28.4. The molecular formula is C14H19N3O2. The molecule has 2 bridgehead atoms. The van der Waals surface area contributed by atoms with Gasteiger partial charge in [0.25, 0.3) is 0 Å². The van der Waals surface area contributed by atoms with Crippen LogP contribution in [0.3, 0.4) is 0 Å². The van der Waals surface area contributed by atoms with Crippen LogP contribution >= 0.6 is 0 Å². The third kappa shape index (κ3) is 2.25. The molecule has 2 aliphatic carbocycles. The molecule has 1 heterocycles. The molecule has 0 spiro atoms. The topological polar surface area (TPSA) is 77.2 Å². The van der Waals surface area contributed by atoms with Crippen LogP contribution in [-0.4, -0.2) is 24.1 Å². The number of carbonyl (C=O) groups excluding carboxylic acids is 1. The Labute approximate surface area is 112 Å². The van der Waals surface area contributed by atoms with E-state index in [9.17, 15) is 4.79 Å². The zero-order valence-corrected chi connectivity index (χ0v) is 11.1. The van der Waals surface area contributed by atoms with E-state index in [1.54, 1.807) is 12.1 Å². The molecular weight excluding hydrogens is 242 g/mol. The van der Waals surface area contributed by atoms with Gasteiger partial charge in [-0.2, -0.15) is 0 Å². The molecule has 2 aliphatic rings. The van der Waals surface area contributed by atoms with E-state index >= 15 is 0 Å². The first-order valence-electron chi connectivity index (χ1n) is 6.78. The Hall–Kier alpha value is -1.78. The number of anilines is 2. The number of hydrogen-bond donors (Lipinski definition) is 2. The van der Waals surface area contributed by atoms with Gasteiger partial charge in [0.15, 0.2) is 5.69 Å². The summed E-state index contributed by atoms with van der Waals surface area (Å²) in [4.78, 5) is 15.8. The lowest BCUT2D eigenvalue weighted by Crippen LogP contribution is -2.27. The average molecular weight is 261 g/mol. The SMILES string of the molecule is COC(=O)c1ccc(N)c(NC2CC3CCC2C3)n1. The number of nitrogens with zero attached hydrogens (tertiary/aromatic N) is 1. The molecule has 3 atom stereocenters. The number of nitrogen functional groups attached to an aromatic ring is 1. The first-order chi connectivity index (χ1) is 9.17. The molecule has 0 saturated heterocycles. The molecule has 3 N–H and O–H groups in total. The molecule has 19 heavy (non-hydrogen) atoms. The molecule has 3 unspecified atom stereocenters. The minimum absolute atomic E-state index is 0.294. The van der Waals surface area contributed by atoms with Gasteiger partial charge in [-0.1, -0.05) is 6.42 Å². The fourth-order valence-corrected chi connectivity index (χ4v) is 3.40. The van der Waals surface area contributed by atoms with Crippen molar-refractivity contribution in [1.29, 1.82) is 0 Å². The summed E-state index contributed by atoms with van der Waals surface area (Å²) in [5, 5.41) is 3.42. The van der Waals surface area contributed by atoms with Crippen LogP contribution in [0.5, 0.6) is 0 Å². The average Bonchev–Trinajstić information content (AvgIpc) is 3.02. The van der Waals surface area contributed by atoms with Gasteiger partial charge in [0.2, 0.25) is 0 Å². The summed E-state index contributed by atoms with van der Waals surface area (Å²) in [5.74, 6) is 1.76. The van der Waals surface area contributed by atoms with Crippen molar-refractivity contribution in [2.75, 3.05) is 18.2 Å². The summed E-state index contributed by atoms with van der Waals surface area (Å²) in [6.07, 6.45) is 5.15. The summed E-state index contributed by atoms with van der Waals surface area (Å²) in [6.45, 7) is 0. The molecule has 0 aliphatic heterocycles. The van der Waals surface area contributed by atoms with E-state index in [1.165, 1.54) is 32.8 Å². The van der Waals surface area contributed by atoms with Gasteiger partial charge >= 0.3 is 5.97 Å². The van der Waals surface area contributed by atoms with Crippen molar-refractivity contribution in [3.05, 3.63) is 17.8 Å². The Balaban J connectivity index is 1.78. The summed E-state index contributed by atoms with van der Waals surface area (Å²) >= 11 is 0. The highest BCUT2D eigenvalue weighted by Gasteiger charge is 2.39. The van der Waals surface area contributed by atoms with Crippen molar-refractivity contribution in [2.24, 2.45) is 11.8 Å². The number of pyridine rings is 1. The summed E-state index contributed by atoms with van der Waals surface area (Å²) in [6, 6.07) is 3.74. The minimum Gasteiger partial charge on any atom is -0.464 e. The van der Waals surface area contributed by atoms with Crippen molar-refractivity contribution >= 4 is 17.5 Å². The van der Waals surface area contributed by atoms with Gasteiger partial charge in [0.1, 0.15) is 5.82 Å². The Bertz CT molecular complexity index is 503. The quantitative estimate of drug-likeness (QED) is 0.814. The molecule has 1 aromatic heterocycles. The number of fused-ring (bicyclic) bond motifs is 2. The number of ether oxygens (including phenoxy) is 1. The number of rotatable bonds is 3. The molecule has 102 valence electrons. The number of nitrogens with two attached hydrogens (primary N) is 1. The predicted octanol–water partition coefficient (Wildman–Crippen LogP) is 2.05.